The van der Waals surface area contributed by atoms with Crippen LogP contribution in [0.3, 0.4) is 0 Å². The maximum Gasteiger partial charge on any atom is 0.258 e. The zero-order valence-corrected chi connectivity index (χ0v) is 15.4. The maximum atomic E-state index is 13.8. The average molecular weight is 439 g/mol. The van der Waals surface area contributed by atoms with Gasteiger partial charge >= 0.3 is 0 Å². The minimum atomic E-state index is -1.64. The second kappa shape index (κ2) is 7.92. The van der Waals surface area contributed by atoms with E-state index in [1.807, 2.05) is 24.3 Å². The molecule has 3 rings (SSSR count). The van der Waals surface area contributed by atoms with Crippen LogP contribution in [0.2, 0.25) is 0 Å². The molecule has 2 aromatic carbocycles. The van der Waals surface area contributed by atoms with Crippen LogP contribution < -0.4 is 5.32 Å². The van der Waals surface area contributed by atoms with Gasteiger partial charge in [0.05, 0.1) is 11.3 Å². The summed E-state index contributed by atoms with van der Waals surface area (Å²) < 4.78 is 41.0. The van der Waals surface area contributed by atoms with Crippen LogP contribution in [0.4, 0.5) is 18.9 Å². The number of amides is 1. The van der Waals surface area contributed by atoms with Crippen LogP contribution in [0.25, 0.3) is 0 Å². The second-order valence-corrected chi connectivity index (χ2v) is 7.07. The smallest absolute Gasteiger partial charge is 0.258 e. The van der Waals surface area contributed by atoms with E-state index in [0.29, 0.717) is 5.03 Å². The van der Waals surface area contributed by atoms with E-state index in [4.69, 9.17) is 0 Å². The topological polar surface area (TPSA) is 42.0 Å². The predicted octanol–water partition coefficient (Wildman–Crippen LogP) is 5.66. The number of carbonyl (C=O) groups excluding carboxylic acids is 1. The molecule has 0 atom stereocenters. The van der Waals surface area contributed by atoms with Crippen molar-refractivity contribution in [2.45, 2.75) is 9.92 Å². The molecule has 0 saturated carbocycles. The van der Waals surface area contributed by atoms with Gasteiger partial charge in [0.1, 0.15) is 5.03 Å². The van der Waals surface area contributed by atoms with E-state index in [9.17, 15) is 18.0 Å². The highest BCUT2D eigenvalue weighted by Crippen LogP contribution is 2.30. The summed E-state index contributed by atoms with van der Waals surface area (Å²) >= 11 is 4.59. The Morgan fingerprint density at radius 1 is 1.00 bits per heavy atom. The van der Waals surface area contributed by atoms with Crippen molar-refractivity contribution in [3.05, 3.63) is 82.2 Å². The molecule has 1 aromatic heterocycles. The van der Waals surface area contributed by atoms with Crippen molar-refractivity contribution in [1.82, 2.24) is 4.98 Å². The molecule has 3 aromatic rings. The molecule has 1 amide bonds. The summed E-state index contributed by atoms with van der Waals surface area (Å²) in [6, 6.07) is 12.2. The molecule has 26 heavy (non-hydrogen) atoms. The normalized spacial score (nSPS) is 10.6. The lowest BCUT2D eigenvalue weighted by molar-refractivity contribution is 0.102. The lowest BCUT2D eigenvalue weighted by atomic mass is 10.2. The van der Waals surface area contributed by atoms with Crippen LogP contribution in [-0.2, 0) is 0 Å². The van der Waals surface area contributed by atoms with Crippen molar-refractivity contribution in [3.8, 4) is 0 Å². The fourth-order valence-electron chi connectivity index (χ4n) is 2.07. The number of benzene rings is 2. The number of anilines is 1. The van der Waals surface area contributed by atoms with E-state index in [1.165, 1.54) is 24.0 Å². The number of hydrogen-bond acceptors (Lipinski definition) is 3. The first kappa shape index (κ1) is 18.5. The molecule has 0 spiro atoms. The third-order valence-corrected chi connectivity index (χ3v) is 4.88. The lowest BCUT2D eigenvalue weighted by Crippen LogP contribution is -2.15. The molecule has 3 nitrogen and oxygen atoms in total. The zero-order valence-electron chi connectivity index (χ0n) is 13.0. The van der Waals surface area contributed by atoms with Crippen LogP contribution in [-0.4, -0.2) is 10.9 Å². The van der Waals surface area contributed by atoms with Crippen LogP contribution >= 0.6 is 27.7 Å². The van der Waals surface area contributed by atoms with Gasteiger partial charge in [-0.15, -0.1) is 0 Å². The second-order valence-electron chi connectivity index (χ2n) is 5.09. The van der Waals surface area contributed by atoms with Gasteiger partial charge in [-0.25, -0.2) is 18.2 Å². The number of nitrogens with one attached hydrogen (secondary N) is 1. The predicted molar refractivity (Wildman–Crippen MR) is 96.8 cm³/mol. The third-order valence-electron chi connectivity index (χ3n) is 3.33. The molecular weight excluding hydrogens is 429 g/mol. The molecule has 0 fully saturated rings. The highest BCUT2D eigenvalue weighted by molar-refractivity contribution is 9.10. The number of aromatic nitrogens is 1. The first-order chi connectivity index (χ1) is 12.5. The van der Waals surface area contributed by atoms with E-state index in [1.54, 1.807) is 6.07 Å². The summed E-state index contributed by atoms with van der Waals surface area (Å²) in [5, 5.41) is 2.65. The first-order valence-corrected chi connectivity index (χ1v) is 8.90. The number of carbonyl (C=O) groups is 1. The standard InChI is InChI=1S/C18H10BrF3N2OS/c19-10-3-5-11(6-4-10)26-18-12(2-1-9-23-18)17(25)24-14-8-7-13(20)15(21)16(14)22/h1-9H,(H,24,25). The number of pyridine rings is 1. The largest absolute Gasteiger partial charge is 0.319 e. The molecule has 0 aliphatic heterocycles. The van der Waals surface area contributed by atoms with Crippen molar-refractivity contribution in [1.29, 1.82) is 0 Å². The van der Waals surface area contributed by atoms with E-state index in [0.717, 1.165) is 21.5 Å². The summed E-state index contributed by atoms with van der Waals surface area (Å²) in [6.07, 6.45) is 1.52. The van der Waals surface area contributed by atoms with Crippen molar-refractivity contribution in [2.24, 2.45) is 0 Å². The summed E-state index contributed by atoms with van der Waals surface area (Å²) in [4.78, 5) is 17.5. The summed E-state index contributed by atoms with van der Waals surface area (Å²) in [5.74, 6) is -5.10. The van der Waals surface area contributed by atoms with Gasteiger partial charge in [0.15, 0.2) is 17.5 Å². The van der Waals surface area contributed by atoms with Gasteiger partial charge in [-0.3, -0.25) is 4.79 Å². The van der Waals surface area contributed by atoms with Gasteiger partial charge in [0.25, 0.3) is 5.91 Å². The van der Waals surface area contributed by atoms with E-state index >= 15 is 0 Å². The zero-order chi connectivity index (χ0) is 18.7. The number of nitrogens with zero attached hydrogens (tertiary/aromatic N) is 1. The summed E-state index contributed by atoms with van der Waals surface area (Å²) in [5.41, 5.74) is -0.262. The minimum Gasteiger partial charge on any atom is -0.319 e. The van der Waals surface area contributed by atoms with Crippen LogP contribution in [0.15, 0.2) is 69.1 Å². The monoisotopic (exact) mass is 438 g/mol. The molecule has 0 saturated heterocycles. The molecule has 132 valence electrons. The van der Waals surface area contributed by atoms with E-state index in [-0.39, 0.29) is 5.56 Å². The number of halogens is 4. The van der Waals surface area contributed by atoms with Crippen molar-refractivity contribution >= 4 is 39.3 Å². The van der Waals surface area contributed by atoms with E-state index < -0.39 is 29.0 Å². The van der Waals surface area contributed by atoms with Gasteiger partial charge < -0.3 is 5.32 Å². The van der Waals surface area contributed by atoms with Gasteiger partial charge in [0, 0.05) is 15.6 Å². The fourth-order valence-corrected chi connectivity index (χ4v) is 3.22. The van der Waals surface area contributed by atoms with Crippen LogP contribution in [0.1, 0.15) is 10.4 Å². The Bertz CT molecular complexity index is 967. The molecule has 1 N–H and O–H groups in total. The Morgan fingerprint density at radius 2 is 1.73 bits per heavy atom. The summed E-state index contributed by atoms with van der Waals surface area (Å²) in [6.45, 7) is 0. The highest BCUT2D eigenvalue weighted by atomic mass is 79.9. The van der Waals surface area contributed by atoms with Gasteiger partial charge in [-0.2, -0.15) is 0 Å². The molecule has 0 aliphatic carbocycles. The third kappa shape index (κ3) is 4.08. The SMILES string of the molecule is O=C(Nc1ccc(F)c(F)c1F)c1cccnc1Sc1ccc(Br)cc1. The molecule has 1 heterocycles. The number of hydrogen-bond donors (Lipinski definition) is 1. The van der Waals surface area contributed by atoms with Gasteiger partial charge in [0.2, 0.25) is 0 Å². The van der Waals surface area contributed by atoms with Crippen molar-refractivity contribution in [3.63, 3.8) is 0 Å². The molecule has 0 unspecified atom stereocenters. The minimum absolute atomic E-state index is 0.185. The van der Waals surface area contributed by atoms with Crippen LogP contribution in [0, 0.1) is 17.5 Å². The Labute approximate surface area is 159 Å². The Balaban J connectivity index is 1.86. The fraction of sp³-hybridized carbons (Fsp3) is 0. The Morgan fingerprint density at radius 3 is 2.46 bits per heavy atom. The Hall–Kier alpha value is -2.32. The van der Waals surface area contributed by atoms with Crippen molar-refractivity contribution < 1.29 is 18.0 Å². The molecular formula is C18H10BrF3N2OS. The molecule has 0 bridgehead atoms. The summed E-state index contributed by atoms with van der Waals surface area (Å²) in [7, 11) is 0. The number of rotatable bonds is 4. The molecule has 0 radical (unpaired) electrons. The molecule has 8 heteroatoms. The first-order valence-electron chi connectivity index (χ1n) is 7.29. The highest BCUT2D eigenvalue weighted by Gasteiger charge is 2.18. The van der Waals surface area contributed by atoms with Gasteiger partial charge in [-0.05, 0) is 48.5 Å². The maximum absolute atomic E-state index is 13.8. The van der Waals surface area contributed by atoms with E-state index in [2.05, 4.69) is 26.2 Å². The van der Waals surface area contributed by atoms with Crippen molar-refractivity contribution in [2.75, 3.05) is 5.32 Å². The lowest BCUT2D eigenvalue weighted by Gasteiger charge is -2.10. The molecule has 0 aliphatic rings. The Kier molecular flexibility index (Phi) is 5.63. The average Bonchev–Trinajstić information content (AvgIpc) is 2.64. The van der Waals surface area contributed by atoms with Gasteiger partial charge in [-0.1, -0.05) is 27.7 Å². The van der Waals surface area contributed by atoms with Crippen LogP contribution in [0.5, 0.6) is 0 Å². The quantitative estimate of drug-likeness (QED) is 0.533.